The van der Waals surface area contributed by atoms with Gasteiger partial charge in [-0.25, -0.2) is 0 Å². The Bertz CT molecular complexity index is 17.7. The molecule has 0 aromatic rings. The van der Waals surface area contributed by atoms with E-state index in [1.807, 2.05) is 0 Å². The Morgan fingerprint density at radius 2 is 1.00 bits per heavy atom. The van der Waals surface area contributed by atoms with Crippen molar-refractivity contribution in [2.24, 2.45) is 0 Å². The predicted molar refractivity (Wildman–Crippen MR) is 18.0 cm³/mol. The van der Waals surface area contributed by atoms with E-state index in [1.165, 1.54) is 0 Å². The van der Waals surface area contributed by atoms with Gasteiger partial charge in [-0.15, -0.1) is 0 Å². The first kappa shape index (κ1) is 89.1. The minimum Gasteiger partial charge on any atom is -1.00 e. The van der Waals surface area contributed by atoms with Gasteiger partial charge in [0, 0.05) is 17.1 Å². The Balaban J connectivity index is 0. The summed E-state index contributed by atoms with van der Waals surface area (Å²) in [6.07, 6.45) is 0. The van der Waals surface area contributed by atoms with Crippen molar-refractivity contribution in [1.29, 1.82) is 0 Å². The zero-order valence-corrected chi connectivity index (χ0v) is 7.24. The molecule has 0 aromatic heterocycles. The molecule has 0 aromatic carbocycles. The molecule has 0 aliphatic heterocycles. The number of halogens is 2. The van der Waals surface area contributed by atoms with Crippen molar-refractivity contribution in [3.05, 3.63) is 0 Å². The molecule has 1 unspecified atom stereocenters. The van der Waals surface area contributed by atoms with Gasteiger partial charge in [-0.3, -0.25) is 0 Å². The molecule has 0 saturated heterocycles. The molecule has 6 heteroatoms. The van der Waals surface area contributed by atoms with Crippen LogP contribution in [0.3, 0.4) is 0 Å². The second kappa shape index (κ2) is 57.9. The first-order valence-electron chi connectivity index (χ1n) is 0. The normalized spacial score (nSPS) is 0. The van der Waals surface area contributed by atoms with Gasteiger partial charge in [0.25, 0.3) is 0 Å². The third-order valence-electron chi connectivity index (χ3n) is 0. The molecule has 0 fully saturated rings. The second-order valence-corrected chi connectivity index (χ2v) is 0. The maximum absolute atomic E-state index is 0. The fourth-order valence-corrected chi connectivity index (χ4v) is 0. The first-order valence-corrected chi connectivity index (χ1v) is 0. The van der Waals surface area contributed by atoms with Crippen LogP contribution in [0.2, 0.25) is 0 Å². The fraction of sp³-hybridized carbons (Fsp3) is 0. The van der Waals surface area contributed by atoms with E-state index in [9.17, 15) is 0 Å². The summed E-state index contributed by atoms with van der Waals surface area (Å²) in [5, 5.41) is 0. The van der Waals surface area contributed by atoms with Gasteiger partial charge in [0.2, 0.25) is 0 Å². The van der Waals surface area contributed by atoms with Gasteiger partial charge >= 0.3 is 41.9 Å². The van der Waals surface area contributed by atoms with Crippen molar-refractivity contribution in [3.63, 3.8) is 0 Å². The Morgan fingerprint density at radius 3 is 1.00 bits per heavy atom. The van der Waals surface area contributed by atoms with Crippen LogP contribution in [0.4, 0.5) is 0 Å². The van der Waals surface area contributed by atoms with Crippen LogP contribution in [-0.4, -0.2) is 23.1 Å². The molecule has 0 rings (SSSR count). The summed E-state index contributed by atoms with van der Waals surface area (Å²) >= 11 is 0. The van der Waals surface area contributed by atoms with Gasteiger partial charge < -0.3 is 10.8 Å². The maximum Gasteiger partial charge on any atom is 2.00 e. The molecule has 0 heterocycles. The summed E-state index contributed by atoms with van der Waals surface area (Å²) in [5.41, 5.74) is 0. The van der Waals surface area contributed by atoms with Crippen molar-refractivity contribution >= 4 is 33.0 Å². The Hall–Kier alpha value is 2.17. The van der Waals surface area contributed by atoms with Gasteiger partial charge in [-0.2, -0.15) is 9.90 Å². The quantitative estimate of drug-likeness (QED) is 0.249. The molecule has 0 bridgehead atoms. The van der Waals surface area contributed by atoms with Crippen LogP contribution in [0.5, 0.6) is 0 Å². The van der Waals surface area contributed by atoms with Gasteiger partial charge in [-0.1, -0.05) is 0 Å². The van der Waals surface area contributed by atoms with Gasteiger partial charge in [0.1, 0.15) is 0 Å². The smallest absolute Gasteiger partial charge is 1.00 e. The molecule has 1 radical (unpaired) electrons. The van der Waals surface area contributed by atoms with Gasteiger partial charge in [0.05, 0.1) is 0 Å². The van der Waals surface area contributed by atoms with Crippen LogP contribution >= 0.6 is 9.90 Å². The molecule has 0 N–H and O–H groups in total. The summed E-state index contributed by atoms with van der Waals surface area (Å²) in [4.78, 5) is 0. The molecule has 0 spiro atoms. The number of rotatable bonds is 0. The molecule has 37 valence electrons. The van der Waals surface area contributed by atoms with Crippen LogP contribution < -0.4 is 28.3 Å². The molecule has 6 heavy (non-hydrogen) atoms. The molecular weight excluding hydrogens is 164 g/mol. The average molecular weight is 168 g/mol. The monoisotopic (exact) mass is 167 g/mol. The van der Waals surface area contributed by atoms with Crippen molar-refractivity contribution in [3.8, 4) is 0 Å². The summed E-state index contributed by atoms with van der Waals surface area (Å²) < 4.78 is 0. The maximum atomic E-state index is 0. The summed E-state index contributed by atoms with van der Waals surface area (Å²) in [6.45, 7) is 0. The molecular formula is H4CuF2LiMgP. The Kier molecular flexibility index (Phi) is 859. The summed E-state index contributed by atoms with van der Waals surface area (Å²) in [5.74, 6) is 0. The summed E-state index contributed by atoms with van der Waals surface area (Å²) in [6, 6.07) is 0. The number of hydrogen-bond acceptors (Lipinski definition) is 0. The fourth-order valence-electron chi connectivity index (χ4n) is 0. The Labute approximate surface area is 79.2 Å². The molecule has 0 aliphatic carbocycles. The van der Waals surface area contributed by atoms with Crippen LogP contribution in [0.25, 0.3) is 0 Å². The largest absolute Gasteiger partial charge is 2.00 e. The van der Waals surface area contributed by atoms with E-state index in [0.29, 0.717) is 0 Å². The van der Waals surface area contributed by atoms with E-state index < -0.39 is 0 Å². The molecule has 1 atom stereocenters. The third kappa shape index (κ3) is 35.0. The minimum absolute atomic E-state index is 0. The van der Waals surface area contributed by atoms with Crippen molar-refractivity contribution < 1.29 is 46.8 Å². The average Bonchev–Trinajstić information content (AvgIpc) is 0. The molecule has 0 nitrogen and oxygen atoms in total. The van der Waals surface area contributed by atoms with E-state index in [0.717, 1.165) is 0 Å². The van der Waals surface area contributed by atoms with Gasteiger partial charge in [-0.05, 0) is 0 Å². The zero-order valence-electron chi connectivity index (χ0n) is 4.47. The van der Waals surface area contributed by atoms with Crippen LogP contribution in [0, 0.1) is 0 Å². The first-order chi connectivity index (χ1) is 0. The zero-order chi connectivity index (χ0) is 0. The predicted octanol–water partition coefficient (Wildman–Crippen LogP) is -9.20. The standard InChI is InChI=1S/Cu.2FH.Li.Mg.H3P.H/h;2*1H;;;1H3;/q;;;+1;+2;;-1/p-2. The topological polar surface area (TPSA) is 0 Å². The summed E-state index contributed by atoms with van der Waals surface area (Å²) in [7, 11) is 0. The molecule has 0 amide bonds. The number of hydrogen-bond donors (Lipinski definition) is 0. The third-order valence-corrected chi connectivity index (χ3v) is 0. The van der Waals surface area contributed by atoms with E-state index >= 15 is 0 Å². The van der Waals surface area contributed by atoms with E-state index in [4.69, 9.17) is 0 Å². The van der Waals surface area contributed by atoms with E-state index in [2.05, 4.69) is 0 Å². The van der Waals surface area contributed by atoms with Crippen molar-refractivity contribution in [2.45, 2.75) is 0 Å². The van der Waals surface area contributed by atoms with Crippen LogP contribution in [0.1, 0.15) is 1.43 Å². The van der Waals surface area contributed by atoms with Crippen molar-refractivity contribution in [2.75, 3.05) is 0 Å². The van der Waals surface area contributed by atoms with Crippen LogP contribution in [-0.2, 0) is 17.1 Å². The van der Waals surface area contributed by atoms with Crippen molar-refractivity contribution in [1.82, 2.24) is 0 Å². The minimum atomic E-state index is 0. The van der Waals surface area contributed by atoms with E-state index in [-0.39, 0.29) is 79.7 Å². The van der Waals surface area contributed by atoms with E-state index in [1.54, 1.807) is 0 Å². The molecule has 0 aliphatic rings. The van der Waals surface area contributed by atoms with Crippen LogP contribution in [0.15, 0.2) is 0 Å². The Morgan fingerprint density at radius 1 is 1.00 bits per heavy atom. The SMILES string of the molecule is P.[Cu].[F-].[F-].[H-].[Li+].[Mg+2]. The van der Waals surface area contributed by atoms with Gasteiger partial charge in [0.15, 0.2) is 0 Å². The second-order valence-electron chi connectivity index (χ2n) is 0. The molecule has 0 saturated carbocycles.